The molecule has 0 saturated carbocycles. The van der Waals surface area contributed by atoms with Gasteiger partial charge in [0.15, 0.2) is 0 Å². The summed E-state index contributed by atoms with van der Waals surface area (Å²) in [5.41, 5.74) is 3.02. The van der Waals surface area contributed by atoms with Crippen molar-refractivity contribution in [2.24, 2.45) is 0 Å². The van der Waals surface area contributed by atoms with Crippen LogP contribution in [-0.2, 0) is 13.1 Å². The van der Waals surface area contributed by atoms with Gasteiger partial charge in [0.05, 0.1) is 12.8 Å². The molecule has 3 aromatic rings. The van der Waals surface area contributed by atoms with Gasteiger partial charge in [-0.3, -0.25) is 9.69 Å². The summed E-state index contributed by atoms with van der Waals surface area (Å²) >= 11 is 6.11. The van der Waals surface area contributed by atoms with Gasteiger partial charge in [-0.25, -0.2) is 0 Å². The topological polar surface area (TPSA) is 67.6 Å². The highest BCUT2D eigenvalue weighted by Gasteiger charge is 2.25. The van der Waals surface area contributed by atoms with E-state index >= 15 is 0 Å². The van der Waals surface area contributed by atoms with Crippen LogP contribution in [0.2, 0.25) is 5.02 Å². The van der Waals surface area contributed by atoms with Gasteiger partial charge in [-0.15, -0.1) is 0 Å². The average molecular weight is 440 g/mol. The minimum absolute atomic E-state index is 0.246. The second-order valence-electron chi connectivity index (χ2n) is 7.85. The quantitative estimate of drug-likeness (QED) is 0.580. The number of likely N-dealkylation sites (tertiary alicyclic amines) is 1. The van der Waals surface area contributed by atoms with Crippen LogP contribution in [-0.4, -0.2) is 36.2 Å². The van der Waals surface area contributed by atoms with Crippen molar-refractivity contribution in [3.63, 3.8) is 0 Å². The number of rotatable bonds is 7. The summed E-state index contributed by atoms with van der Waals surface area (Å²) in [7, 11) is 1.63. The van der Waals surface area contributed by atoms with Crippen molar-refractivity contribution in [1.82, 2.24) is 15.4 Å². The zero-order chi connectivity index (χ0) is 21.6. The van der Waals surface area contributed by atoms with Crippen LogP contribution >= 0.6 is 11.6 Å². The molecule has 6 nitrogen and oxygen atoms in total. The number of benzene rings is 2. The summed E-state index contributed by atoms with van der Waals surface area (Å²) in [6, 6.07) is 17.3. The Bertz CT molecular complexity index is 1020. The van der Waals surface area contributed by atoms with Crippen molar-refractivity contribution in [3.8, 4) is 5.75 Å². The number of piperidine rings is 1. The number of amides is 1. The Kier molecular flexibility index (Phi) is 6.89. The predicted molar refractivity (Wildman–Crippen MR) is 119 cm³/mol. The molecule has 1 aliphatic heterocycles. The molecule has 2 heterocycles. The van der Waals surface area contributed by atoms with Gasteiger partial charge in [0.25, 0.3) is 5.91 Å². The van der Waals surface area contributed by atoms with Gasteiger partial charge in [0.2, 0.25) is 5.76 Å². The van der Waals surface area contributed by atoms with E-state index in [2.05, 4.69) is 21.4 Å². The normalized spacial score (nSPS) is 16.8. The van der Waals surface area contributed by atoms with Crippen LogP contribution in [0.4, 0.5) is 0 Å². The summed E-state index contributed by atoms with van der Waals surface area (Å²) in [4.78, 5) is 14.9. The van der Waals surface area contributed by atoms with Gasteiger partial charge in [-0.1, -0.05) is 41.0 Å². The van der Waals surface area contributed by atoms with E-state index in [-0.39, 0.29) is 17.6 Å². The third-order valence-electron chi connectivity index (χ3n) is 5.58. The number of carbonyl (C=O) groups is 1. The first-order valence-electron chi connectivity index (χ1n) is 10.5. The van der Waals surface area contributed by atoms with Crippen LogP contribution in [0, 0.1) is 0 Å². The van der Waals surface area contributed by atoms with Crippen molar-refractivity contribution < 1.29 is 14.1 Å². The molecular weight excluding hydrogens is 414 g/mol. The maximum Gasteiger partial charge on any atom is 0.290 e. The standard InChI is InChI=1S/C24H26ClN3O3/c1-30-21-9-7-17(8-10-21)14-26-24(29)23-13-22(27-31-23)19-5-3-11-28(16-19)15-18-4-2-6-20(25)12-18/h2,4,6-10,12-13,19H,3,5,11,14-16H2,1H3,(H,26,29). The number of hydrogen-bond acceptors (Lipinski definition) is 5. The summed E-state index contributed by atoms with van der Waals surface area (Å²) in [5.74, 6) is 1.02. The first kappa shape index (κ1) is 21.4. The van der Waals surface area contributed by atoms with Crippen LogP contribution in [0.25, 0.3) is 0 Å². The summed E-state index contributed by atoms with van der Waals surface area (Å²) in [6.07, 6.45) is 2.11. The van der Waals surface area contributed by atoms with Crippen molar-refractivity contribution in [2.45, 2.75) is 31.8 Å². The number of aromatic nitrogens is 1. The molecule has 1 fully saturated rings. The van der Waals surface area contributed by atoms with E-state index in [0.29, 0.717) is 6.54 Å². The Morgan fingerprint density at radius 3 is 2.84 bits per heavy atom. The molecule has 4 rings (SSSR count). The zero-order valence-electron chi connectivity index (χ0n) is 17.5. The first-order chi connectivity index (χ1) is 15.1. The van der Waals surface area contributed by atoms with Gasteiger partial charge in [0, 0.05) is 36.6 Å². The molecule has 1 atom stereocenters. The molecule has 0 spiro atoms. The SMILES string of the molecule is COc1ccc(CNC(=O)c2cc(C3CCCN(Cc4cccc(Cl)c4)C3)no2)cc1. The number of nitrogens with one attached hydrogen (secondary N) is 1. The zero-order valence-corrected chi connectivity index (χ0v) is 18.3. The monoisotopic (exact) mass is 439 g/mol. The third-order valence-corrected chi connectivity index (χ3v) is 5.82. The Morgan fingerprint density at radius 1 is 1.23 bits per heavy atom. The molecule has 0 radical (unpaired) electrons. The second-order valence-corrected chi connectivity index (χ2v) is 8.29. The Labute approximate surface area is 187 Å². The van der Waals surface area contributed by atoms with Crippen molar-refractivity contribution in [2.75, 3.05) is 20.2 Å². The molecule has 31 heavy (non-hydrogen) atoms. The summed E-state index contributed by atoms with van der Waals surface area (Å²) < 4.78 is 10.5. The third kappa shape index (κ3) is 5.66. The van der Waals surface area contributed by atoms with E-state index in [1.165, 1.54) is 5.56 Å². The van der Waals surface area contributed by atoms with E-state index in [0.717, 1.165) is 54.5 Å². The molecule has 0 aliphatic carbocycles. The van der Waals surface area contributed by atoms with Crippen LogP contribution in [0.15, 0.2) is 59.1 Å². The number of ether oxygens (including phenoxy) is 1. The van der Waals surface area contributed by atoms with Gasteiger partial charge in [-0.2, -0.15) is 0 Å². The average Bonchev–Trinajstić information content (AvgIpc) is 3.29. The molecule has 2 aromatic carbocycles. The smallest absolute Gasteiger partial charge is 0.290 e. The Hall–Kier alpha value is -2.83. The molecule has 1 unspecified atom stereocenters. The van der Waals surface area contributed by atoms with E-state index < -0.39 is 0 Å². The fourth-order valence-corrected chi connectivity index (χ4v) is 4.15. The number of halogens is 1. The van der Waals surface area contributed by atoms with Crippen LogP contribution in [0.1, 0.15) is 46.1 Å². The molecule has 1 amide bonds. The Balaban J connectivity index is 1.33. The van der Waals surface area contributed by atoms with Crippen LogP contribution < -0.4 is 10.1 Å². The highest BCUT2D eigenvalue weighted by Crippen LogP contribution is 2.28. The van der Waals surface area contributed by atoms with Crippen molar-refractivity contribution in [3.05, 3.63) is 82.2 Å². The van der Waals surface area contributed by atoms with E-state index in [4.69, 9.17) is 20.9 Å². The lowest BCUT2D eigenvalue weighted by Gasteiger charge is -2.31. The maximum absolute atomic E-state index is 12.5. The summed E-state index contributed by atoms with van der Waals surface area (Å²) in [6.45, 7) is 3.18. The number of carbonyl (C=O) groups excluding carboxylic acids is 1. The minimum Gasteiger partial charge on any atom is -0.497 e. The largest absolute Gasteiger partial charge is 0.497 e. The van der Waals surface area contributed by atoms with Crippen molar-refractivity contribution in [1.29, 1.82) is 0 Å². The fourth-order valence-electron chi connectivity index (χ4n) is 3.94. The maximum atomic E-state index is 12.5. The van der Waals surface area contributed by atoms with Gasteiger partial charge in [0.1, 0.15) is 5.75 Å². The highest BCUT2D eigenvalue weighted by atomic mass is 35.5. The van der Waals surface area contributed by atoms with Gasteiger partial charge in [-0.05, 0) is 54.8 Å². The molecule has 1 aromatic heterocycles. The number of nitrogens with zero attached hydrogens (tertiary/aromatic N) is 2. The van der Waals surface area contributed by atoms with Gasteiger partial charge >= 0.3 is 0 Å². The highest BCUT2D eigenvalue weighted by molar-refractivity contribution is 6.30. The summed E-state index contributed by atoms with van der Waals surface area (Å²) in [5, 5.41) is 7.83. The number of methoxy groups -OCH3 is 1. The van der Waals surface area contributed by atoms with Gasteiger partial charge < -0.3 is 14.6 Å². The van der Waals surface area contributed by atoms with E-state index in [1.54, 1.807) is 13.2 Å². The van der Waals surface area contributed by atoms with E-state index in [9.17, 15) is 4.79 Å². The molecular formula is C24H26ClN3O3. The minimum atomic E-state index is -0.263. The lowest BCUT2D eigenvalue weighted by Crippen LogP contribution is -2.34. The lowest BCUT2D eigenvalue weighted by molar-refractivity contribution is 0.0913. The first-order valence-corrected chi connectivity index (χ1v) is 10.8. The Morgan fingerprint density at radius 2 is 2.06 bits per heavy atom. The van der Waals surface area contributed by atoms with E-state index in [1.807, 2.05) is 42.5 Å². The fraction of sp³-hybridized carbons (Fsp3) is 0.333. The molecule has 1 aliphatic rings. The lowest BCUT2D eigenvalue weighted by atomic mass is 9.94. The number of hydrogen-bond donors (Lipinski definition) is 1. The molecule has 1 saturated heterocycles. The molecule has 7 heteroatoms. The molecule has 0 bridgehead atoms. The molecule has 1 N–H and O–H groups in total. The van der Waals surface area contributed by atoms with Crippen LogP contribution in [0.3, 0.4) is 0 Å². The van der Waals surface area contributed by atoms with Crippen LogP contribution in [0.5, 0.6) is 5.75 Å². The molecule has 162 valence electrons. The van der Waals surface area contributed by atoms with Crippen molar-refractivity contribution >= 4 is 17.5 Å². The second kappa shape index (κ2) is 9.98. The predicted octanol–water partition coefficient (Wildman–Crippen LogP) is 4.65.